The molecular weight excluding hydrogens is 348 g/mol. The molecule has 2 rings (SSSR count). The topological polar surface area (TPSA) is 38.1 Å². The van der Waals surface area contributed by atoms with Crippen molar-refractivity contribution < 1.29 is 4.42 Å². The SMILES string of the molecule is C[C@@H](NCc1cc(Br)c(Br)o1)c1ccncc1. The third-order valence-electron chi connectivity index (χ3n) is 2.48. The first-order valence-corrected chi connectivity index (χ1v) is 6.82. The summed E-state index contributed by atoms with van der Waals surface area (Å²) in [5, 5.41) is 3.39. The molecule has 0 saturated heterocycles. The van der Waals surface area contributed by atoms with Crippen LogP contribution in [0.5, 0.6) is 0 Å². The van der Waals surface area contributed by atoms with Crippen molar-refractivity contribution in [2.75, 3.05) is 0 Å². The van der Waals surface area contributed by atoms with E-state index in [-0.39, 0.29) is 6.04 Å². The lowest BCUT2D eigenvalue weighted by molar-refractivity contribution is 0.446. The summed E-state index contributed by atoms with van der Waals surface area (Å²) in [4.78, 5) is 4.00. The van der Waals surface area contributed by atoms with E-state index in [0.717, 1.165) is 14.9 Å². The van der Waals surface area contributed by atoms with E-state index in [9.17, 15) is 0 Å². The van der Waals surface area contributed by atoms with Gasteiger partial charge in [-0.25, -0.2) is 0 Å². The lowest BCUT2D eigenvalue weighted by Gasteiger charge is -2.12. The molecule has 0 aliphatic rings. The number of pyridine rings is 1. The molecule has 2 aromatic rings. The van der Waals surface area contributed by atoms with Crippen LogP contribution in [-0.4, -0.2) is 4.98 Å². The molecule has 0 saturated carbocycles. The molecular formula is C12H12Br2N2O. The standard InChI is InChI=1S/C12H12Br2N2O/c1-8(9-2-4-15-5-3-9)16-7-10-6-11(13)12(14)17-10/h2-6,8,16H,7H2,1H3/t8-/m1/s1. The minimum Gasteiger partial charge on any atom is -0.452 e. The molecule has 2 aromatic heterocycles. The van der Waals surface area contributed by atoms with Crippen molar-refractivity contribution in [1.82, 2.24) is 10.3 Å². The Morgan fingerprint density at radius 1 is 1.35 bits per heavy atom. The number of hydrogen-bond donors (Lipinski definition) is 1. The van der Waals surface area contributed by atoms with Crippen LogP contribution in [-0.2, 0) is 6.54 Å². The van der Waals surface area contributed by atoms with Gasteiger partial charge in [-0.3, -0.25) is 4.98 Å². The molecule has 0 bridgehead atoms. The van der Waals surface area contributed by atoms with Gasteiger partial charge >= 0.3 is 0 Å². The van der Waals surface area contributed by atoms with Gasteiger partial charge in [-0.15, -0.1) is 0 Å². The van der Waals surface area contributed by atoms with Crippen LogP contribution in [0.4, 0.5) is 0 Å². The van der Waals surface area contributed by atoms with E-state index in [1.165, 1.54) is 5.56 Å². The number of furan rings is 1. The molecule has 0 fully saturated rings. The molecule has 5 heteroatoms. The van der Waals surface area contributed by atoms with Gasteiger partial charge in [0, 0.05) is 18.4 Å². The second kappa shape index (κ2) is 5.80. The highest BCUT2D eigenvalue weighted by Gasteiger charge is 2.08. The summed E-state index contributed by atoms with van der Waals surface area (Å²) in [5.41, 5.74) is 1.21. The normalized spacial score (nSPS) is 12.6. The largest absolute Gasteiger partial charge is 0.452 e. The summed E-state index contributed by atoms with van der Waals surface area (Å²) in [6.07, 6.45) is 3.60. The van der Waals surface area contributed by atoms with Gasteiger partial charge in [-0.05, 0) is 62.5 Å². The third kappa shape index (κ3) is 3.40. The molecule has 2 heterocycles. The maximum atomic E-state index is 5.50. The van der Waals surface area contributed by atoms with E-state index in [0.29, 0.717) is 6.54 Å². The van der Waals surface area contributed by atoms with Crippen LogP contribution < -0.4 is 5.32 Å². The molecule has 0 radical (unpaired) electrons. The third-order valence-corrected chi connectivity index (χ3v) is 4.19. The average Bonchev–Trinajstić information content (AvgIpc) is 2.67. The zero-order valence-corrected chi connectivity index (χ0v) is 12.5. The Bertz CT molecular complexity index is 465. The van der Waals surface area contributed by atoms with E-state index in [1.54, 1.807) is 12.4 Å². The lowest BCUT2D eigenvalue weighted by Crippen LogP contribution is -2.17. The Morgan fingerprint density at radius 2 is 2.06 bits per heavy atom. The van der Waals surface area contributed by atoms with Gasteiger partial charge in [0.1, 0.15) is 5.76 Å². The Kier molecular flexibility index (Phi) is 4.36. The Labute approximate surface area is 117 Å². The second-order valence-corrected chi connectivity index (χ2v) is 5.29. The van der Waals surface area contributed by atoms with Crippen molar-refractivity contribution in [1.29, 1.82) is 0 Å². The summed E-state index contributed by atoms with van der Waals surface area (Å²) >= 11 is 6.71. The molecule has 0 aliphatic carbocycles. The number of rotatable bonds is 4. The Hall–Kier alpha value is -0.650. The highest BCUT2D eigenvalue weighted by atomic mass is 79.9. The van der Waals surface area contributed by atoms with Crippen LogP contribution in [0, 0.1) is 0 Å². The highest BCUT2D eigenvalue weighted by Crippen LogP contribution is 2.26. The molecule has 90 valence electrons. The molecule has 1 atom stereocenters. The number of halogens is 2. The molecule has 3 nitrogen and oxygen atoms in total. The molecule has 1 N–H and O–H groups in total. The van der Waals surface area contributed by atoms with E-state index < -0.39 is 0 Å². The minimum atomic E-state index is 0.264. The summed E-state index contributed by atoms with van der Waals surface area (Å²) in [7, 11) is 0. The second-order valence-electron chi connectivity index (χ2n) is 3.72. The zero-order chi connectivity index (χ0) is 12.3. The molecule has 17 heavy (non-hydrogen) atoms. The minimum absolute atomic E-state index is 0.264. The predicted molar refractivity (Wildman–Crippen MR) is 73.6 cm³/mol. The summed E-state index contributed by atoms with van der Waals surface area (Å²) in [6, 6.07) is 6.23. The number of aromatic nitrogens is 1. The summed E-state index contributed by atoms with van der Waals surface area (Å²) < 4.78 is 7.16. The predicted octanol–water partition coefficient (Wildman–Crippen LogP) is 4.05. The fraction of sp³-hybridized carbons (Fsp3) is 0.250. The fourth-order valence-corrected chi connectivity index (χ4v) is 2.16. The van der Waals surface area contributed by atoms with Crippen molar-refractivity contribution in [2.45, 2.75) is 19.5 Å². The number of nitrogens with zero attached hydrogens (tertiary/aromatic N) is 1. The van der Waals surface area contributed by atoms with Gasteiger partial charge in [-0.1, -0.05) is 0 Å². The first-order chi connectivity index (χ1) is 8.16. The number of hydrogen-bond acceptors (Lipinski definition) is 3. The first kappa shape index (κ1) is 12.8. The van der Waals surface area contributed by atoms with Crippen LogP contribution in [0.3, 0.4) is 0 Å². The van der Waals surface area contributed by atoms with E-state index in [1.807, 2.05) is 18.2 Å². The van der Waals surface area contributed by atoms with Crippen LogP contribution in [0.25, 0.3) is 0 Å². The van der Waals surface area contributed by atoms with E-state index in [2.05, 4.69) is 49.1 Å². The van der Waals surface area contributed by atoms with Crippen molar-refractivity contribution in [3.8, 4) is 0 Å². The van der Waals surface area contributed by atoms with Gasteiger partial charge < -0.3 is 9.73 Å². The molecule has 0 spiro atoms. The van der Waals surface area contributed by atoms with E-state index >= 15 is 0 Å². The maximum Gasteiger partial charge on any atom is 0.183 e. The maximum absolute atomic E-state index is 5.50. The van der Waals surface area contributed by atoms with Gasteiger partial charge in [0.2, 0.25) is 0 Å². The molecule has 0 unspecified atom stereocenters. The molecule has 0 aliphatic heterocycles. The van der Waals surface area contributed by atoms with Crippen molar-refractivity contribution in [3.63, 3.8) is 0 Å². The lowest BCUT2D eigenvalue weighted by atomic mass is 10.1. The van der Waals surface area contributed by atoms with Crippen LogP contribution in [0.2, 0.25) is 0 Å². The zero-order valence-electron chi connectivity index (χ0n) is 9.28. The number of nitrogens with one attached hydrogen (secondary N) is 1. The first-order valence-electron chi connectivity index (χ1n) is 5.24. The fourth-order valence-electron chi connectivity index (χ4n) is 1.50. The van der Waals surface area contributed by atoms with Crippen LogP contribution in [0.15, 0.2) is 44.2 Å². The van der Waals surface area contributed by atoms with Crippen molar-refractivity contribution >= 4 is 31.9 Å². The Morgan fingerprint density at radius 3 is 2.65 bits per heavy atom. The van der Waals surface area contributed by atoms with Crippen LogP contribution in [0.1, 0.15) is 24.3 Å². The quantitative estimate of drug-likeness (QED) is 0.894. The summed E-state index contributed by atoms with van der Waals surface area (Å²) in [5.74, 6) is 0.893. The van der Waals surface area contributed by atoms with Gasteiger partial charge in [-0.2, -0.15) is 0 Å². The smallest absolute Gasteiger partial charge is 0.183 e. The monoisotopic (exact) mass is 358 g/mol. The van der Waals surface area contributed by atoms with Crippen molar-refractivity contribution in [2.24, 2.45) is 0 Å². The van der Waals surface area contributed by atoms with Gasteiger partial charge in [0.15, 0.2) is 4.67 Å². The summed E-state index contributed by atoms with van der Waals surface area (Å²) in [6.45, 7) is 2.80. The van der Waals surface area contributed by atoms with E-state index in [4.69, 9.17) is 4.42 Å². The van der Waals surface area contributed by atoms with Gasteiger partial charge in [0.25, 0.3) is 0 Å². The average molecular weight is 360 g/mol. The van der Waals surface area contributed by atoms with Crippen molar-refractivity contribution in [3.05, 3.63) is 51.1 Å². The highest BCUT2D eigenvalue weighted by molar-refractivity contribution is 9.13. The molecule has 0 amide bonds. The van der Waals surface area contributed by atoms with Gasteiger partial charge in [0.05, 0.1) is 11.0 Å². The van der Waals surface area contributed by atoms with Crippen LogP contribution >= 0.6 is 31.9 Å². The Balaban J connectivity index is 1.94. The molecule has 0 aromatic carbocycles.